The van der Waals surface area contributed by atoms with Crippen molar-refractivity contribution in [3.63, 3.8) is 0 Å². The molecule has 1 unspecified atom stereocenters. The molecule has 1 aromatic carbocycles. The molecule has 24 heavy (non-hydrogen) atoms. The van der Waals surface area contributed by atoms with Crippen LogP contribution in [-0.2, 0) is 11.3 Å². The summed E-state index contributed by atoms with van der Waals surface area (Å²) < 4.78 is 0.839. The maximum atomic E-state index is 12.1. The fourth-order valence-electron chi connectivity index (χ4n) is 2.61. The molecule has 1 fully saturated rings. The molecule has 1 aliphatic heterocycles. The number of carbonyl (C=O) groups is 2. The van der Waals surface area contributed by atoms with Crippen molar-refractivity contribution in [3.05, 3.63) is 58.7 Å². The molecule has 0 bridgehead atoms. The van der Waals surface area contributed by atoms with Crippen LogP contribution in [-0.4, -0.2) is 34.4 Å². The number of nitrogens with zero attached hydrogens (tertiary/aromatic N) is 2. The largest absolute Gasteiger partial charge is 0.336 e. The monoisotopic (exact) mass is 388 g/mol. The predicted molar refractivity (Wildman–Crippen MR) is 94.4 cm³/mol. The molecule has 1 atom stereocenters. The molecule has 3 amide bonds. The van der Waals surface area contributed by atoms with Crippen molar-refractivity contribution in [1.82, 2.24) is 15.2 Å². The van der Waals surface area contributed by atoms with E-state index in [1.54, 1.807) is 23.2 Å². The van der Waals surface area contributed by atoms with Crippen LogP contribution < -0.4 is 10.6 Å². The molecule has 0 spiro atoms. The Balaban J connectivity index is 1.52. The number of amides is 3. The van der Waals surface area contributed by atoms with E-state index in [4.69, 9.17) is 0 Å². The number of carbonyl (C=O) groups excluding carboxylic acids is 2. The summed E-state index contributed by atoms with van der Waals surface area (Å²) in [7, 11) is 0. The maximum Gasteiger partial charge on any atom is 0.320 e. The lowest BCUT2D eigenvalue weighted by Gasteiger charge is -2.17. The second-order valence-corrected chi connectivity index (χ2v) is 6.54. The predicted octanol–water partition coefficient (Wildman–Crippen LogP) is 2.77. The Bertz CT molecular complexity index is 721. The molecule has 124 valence electrons. The standard InChI is InChI=1S/C17H17BrN4O2/c18-13-6-7-15(19-9-13)21-17(24)20-14-8-16(23)22(11-14)10-12-4-2-1-3-5-12/h1-7,9,14H,8,10-11H2,(H2,19,20,21,24). The summed E-state index contributed by atoms with van der Waals surface area (Å²) in [5.41, 5.74) is 1.08. The normalized spacial score (nSPS) is 17.0. The summed E-state index contributed by atoms with van der Waals surface area (Å²) >= 11 is 3.29. The third kappa shape index (κ3) is 4.32. The van der Waals surface area contributed by atoms with Crippen molar-refractivity contribution < 1.29 is 9.59 Å². The molecule has 2 heterocycles. The number of hydrogen-bond donors (Lipinski definition) is 2. The minimum absolute atomic E-state index is 0.0471. The first-order chi connectivity index (χ1) is 11.6. The molecule has 1 aromatic heterocycles. The molecule has 2 N–H and O–H groups in total. The molecule has 1 saturated heterocycles. The van der Waals surface area contributed by atoms with E-state index in [2.05, 4.69) is 31.5 Å². The molecule has 0 saturated carbocycles. The zero-order valence-corrected chi connectivity index (χ0v) is 14.5. The fraction of sp³-hybridized carbons (Fsp3) is 0.235. The Kier molecular flexibility index (Phi) is 5.10. The Morgan fingerprint density at radius 2 is 2.04 bits per heavy atom. The summed E-state index contributed by atoms with van der Waals surface area (Å²) in [4.78, 5) is 30.0. The molecular formula is C17H17BrN4O2. The second kappa shape index (κ2) is 7.44. The van der Waals surface area contributed by atoms with Crippen LogP contribution in [0.1, 0.15) is 12.0 Å². The van der Waals surface area contributed by atoms with E-state index >= 15 is 0 Å². The minimum atomic E-state index is -0.357. The second-order valence-electron chi connectivity index (χ2n) is 5.62. The number of likely N-dealkylation sites (tertiary alicyclic amines) is 1. The lowest BCUT2D eigenvalue weighted by molar-refractivity contribution is -0.128. The van der Waals surface area contributed by atoms with Crippen molar-refractivity contribution in [2.45, 2.75) is 19.0 Å². The Labute approximate surface area is 148 Å². The van der Waals surface area contributed by atoms with Gasteiger partial charge in [0, 0.05) is 30.2 Å². The highest BCUT2D eigenvalue weighted by atomic mass is 79.9. The summed E-state index contributed by atoms with van der Waals surface area (Å²) in [5.74, 6) is 0.507. The average molecular weight is 389 g/mol. The summed E-state index contributed by atoms with van der Waals surface area (Å²) in [6.07, 6.45) is 1.92. The van der Waals surface area contributed by atoms with Gasteiger partial charge in [0.05, 0.1) is 6.04 Å². The lowest BCUT2D eigenvalue weighted by Crippen LogP contribution is -2.39. The van der Waals surface area contributed by atoms with Crippen molar-refractivity contribution in [2.75, 3.05) is 11.9 Å². The third-order valence-corrected chi connectivity index (χ3v) is 4.20. The van der Waals surface area contributed by atoms with E-state index in [1.165, 1.54) is 0 Å². The van der Waals surface area contributed by atoms with Gasteiger partial charge in [0.1, 0.15) is 5.82 Å². The summed E-state index contributed by atoms with van der Waals surface area (Å²) in [5, 5.41) is 5.49. The number of rotatable bonds is 4. The van der Waals surface area contributed by atoms with Gasteiger partial charge in [-0.1, -0.05) is 30.3 Å². The van der Waals surface area contributed by atoms with Gasteiger partial charge in [-0.25, -0.2) is 9.78 Å². The first-order valence-electron chi connectivity index (χ1n) is 7.61. The maximum absolute atomic E-state index is 12.1. The molecular weight excluding hydrogens is 372 g/mol. The van der Waals surface area contributed by atoms with Gasteiger partial charge in [-0.2, -0.15) is 0 Å². The van der Waals surface area contributed by atoms with Crippen molar-refractivity contribution in [2.24, 2.45) is 0 Å². The van der Waals surface area contributed by atoms with Crippen molar-refractivity contribution >= 4 is 33.7 Å². The highest BCUT2D eigenvalue weighted by Gasteiger charge is 2.30. The SMILES string of the molecule is O=C(Nc1ccc(Br)cn1)NC1CC(=O)N(Cc2ccccc2)C1. The van der Waals surface area contributed by atoms with Gasteiger partial charge in [0.15, 0.2) is 0 Å². The van der Waals surface area contributed by atoms with Crippen LogP contribution in [0.25, 0.3) is 0 Å². The van der Waals surface area contributed by atoms with Gasteiger partial charge in [-0.3, -0.25) is 10.1 Å². The zero-order chi connectivity index (χ0) is 16.9. The van der Waals surface area contributed by atoms with Crippen LogP contribution in [0.4, 0.5) is 10.6 Å². The minimum Gasteiger partial charge on any atom is -0.336 e. The molecule has 1 aliphatic rings. The quantitative estimate of drug-likeness (QED) is 0.845. The first-order valence-corrected chi connectivity index (χ1v) is 8.40. The van der Waals surface area contributed by atoms with Crippen LogP contribution in [0.5, 0.6) is 0 Å². The third-order valence-electron chi connectivity index (χ3n) is 3.73. The van der Waals surface area contributed by atoms with Crippen LogP contribution in [0, 0.1) is 0 Å². The molecule has 0 aliphatic carbocycles. The van der Waals surface area contributed by atoms with E-state index in [9.17, 15) is 9.59 Å². The lowest BCUT2D eigenvalue weighted by atomic mass is 10.2. The molecule has 2 aromatic rings. The van der Waals surface area contributed by atoms with Crippen molar-refractivity contribution in [1.29, 1.82) is 0 Å². The fourth-order valence-corrected chi connectivity index (χ4v) is 2.85. The Morgan fingerprint density at radius 1 is 1.25 bits per heavy atom. The number of urea groups is 1. The smallest absolute Gasteiger partial charge is 0.320 e. The number of pyridine rings is 1. The highest BCUT2D eigenvalue weighted by molar-refractivity contribution is 9.10. The van der Waals surface area contributed by atoms with Gasteiger partial charge < -0.3 is 10.2 Å². The van der Waals surface area contributed by atoms with E-state index in [0.29, 0.717) is 25.3 Å². The number of nitrogens with one attached hydrogen (secondary N) is 2. The summed E-state index contributed by atoms with van der Waals surface area (Å²) in [6, 6.07) is 12.8. The number of hydrogen-bond acceptors (Lipinski definition) is 3. The van der Waals surface area contributed by atoms with Gasteiger partial charge in [-0.05, 0) is 33.6 Å². The van der Waals surface area contributed by atoms with Gasteiger partial charge in [0.25, 0.3) is 0 Å². The highest BCUT2D eigenvalue weighted by Crippen LogP contribution is 2.15. The number of halogens is 1. The number of benzene rings is 1. The van der Waals surface area contributed by atoms with E-state index in [0.717, 1.165) is 10.0 Å². The van der Waals surface area contributed by atoms with Crippen LogP contribution in [0.3, 0.4) is 0 Å². The summed E-state index contributed by atoms with van der Waals surface area (Å²) in [6.45, 7) is 1.07. The zero-order valence-electron chi connectivity index (χ0n) is 12.9. The van der Waals surface area contributed by atoms with E-state index in [-0.39, 0.29) is 18.0 Å². The Morgan fingerprint density at radius 3 is 2.75 bits per heavy atom. The van der Waals surface area contributed by atoms with Crippen molar-refractivity contribution in [3.8, 4) is 0 Å². The first kappa shape index (κ1) is 16.4. The van der Waals surface area contributed by atoms with Crippen LogP contribution >= 0.6 is 15.9 Å². The van der Waals surface area contributed by atoms with Crippen LogP contribution in [0.15, 0.2) is 53.1 Å². The molecule has 3 rings (SSSR count). The number of aromatic nitrogens is 1. The number of anilines is 1. The van der Waals surface area contributed by atoms with Gasteiger partial charge >= 0.3 is 6.03 Å². The average Bonchev–Trinajstić information content (AvgIpc) is 2.90. The van der Waals surface area contributed by atoms with Gasteiger partial charge in [-0.15, -0.1) is 0 Å². The van der Waals surface area contributed by atoms with E-state index < -0.39 is 0 Å². The topological polar surface area (TPSA) is 74.3 Å². The van der Waals surface area contributed by atoms with Gasteiger partial charge in [0.2, 0.25) is 5.91 Å². The van der Waals surface area contributed by atoms with Crippen LogP contribution in [0.2, 0.25) is 0 Å². The Hall–Kier alpha value is -2.41. The molecule has 6 nitrogen and oxygen atoms in total. The molecule has 7 heteroatoms. The van der Waals surface area contributed by atoms with E-state index in [1.807, 2.05) is 30.3 Å². The molecule has 0 radical (unpaired) electrons.